The van der Waals surface area contributed by atoms with E-state index in [4.69, 9.17) is 9.47 Å². The summed E-state index contributed by atoms with van der Waals surface area (Å²) in [6.07, 6.45) is -35.3. The van der Waals surface area contributed by atoms with Crippen LogP contribution in [0.4, 0.5) is 65.9 Å². The first-order valence-corrected chi connectivity index (χ1v) is 12.5. The fraction of sp³-hybridized carbons (Fsp3) is 1.00. The van der Waals surface area contributed by atoms with Crippen LogP contribution in [0.5, 0.6) is 0 Å². The van der Waals surface area contributed by atoms with E-state index in [1.807, 2.05) is 0 Å². The molecule has 1 saturated heterocycles. The number of methoxy groups -OCH3 is 1. The summed E-state index contributed by atoms with van der Waals surface area (Å²) in [7, 11) is 1.24. The van der Waals surface area contributed by atoms with Gasteiger partial charge in [-0.15, -0.1) is 0 Å². The Bertz CT molecular complexity index is 926. The van der Waals surface area contributed by atoms with E-state index < -0.39 is 109 Å². The highest BCUT2D eigenvalue weighted by Gasteiger charge is 2.92. The number of alkyl halides is 15. The van der Waals surface area contributed by atoms with Crippen molar-refractivity contribution in [3.8, 4) is 0 Å². The molecule has 0 N–H and O–H groups in total. The molecule has 2 aliphatic carbocycles. The molecule has 3 aliphatic rings. The number of rotatable bonds is 7. The zero-order valence-corrected chi connectivity index (χ0v) is 22.0. The van der Waals surface area contributed by atoms with Gasteiger partial charge in [-0.05, 0) is 37.0 Å². The molecule has 4 nitrogen and oxygen atoms in total. The van der Waals surface area contributed by atoms with Gasteiger partial charge in [0.25, 0.3) is 11.2 Å². The van der Waals surface area contributed by atoms with Crippen molar-refractivity contribution < 1.29 is 84.8 Å². The molecule has 0 aromatic carbocycles. The van der Waals surface area contributed by atoms with E-state index in [1.54, 1.807) is 0 Å². The molecular weight excluding hydrogens is 625 g/mol. The fourth-order valence-corrected chi connectivity index (χ4v) is 7.56. The van der Waals surface area contributed by atoms with Crippen molar-refractivity contribution >= 4 is 0 Å². The van der Waals surface area contributed by atoms with Gasteiger partial charge in [0.15, 0.2) is 5.60 Å². The lowest BCUT2D eigenvalue weighted by atomic mass is 9.63. The molecule has 3 fully saturated rings. The molecule has 19 heteroatoms. The van der Waals surface area contributed by atoms with Crippen LogP contribution in [0.15, 0.2) is 0 Å². The molecule has 7 atom stereocenters. The van der Waals surface area contributed by atoms with Crippen LogP contribution in [-0.2, 0) is 18.9 Å². The van der Waals surface area contributed by atoms with Gasteiger partial charge in [0.1, 0.15) is 6.79 Å². The minimum atomic E-state index is -6.88. The van der Waals surface area contributed by atoms with Crippen LogP contribution in [-0.4, -0.2) is 74.8 Å². The number of hydrogen-bond donors (Lipinski definition) is 0. The summed E-state index contributed by atoms with van der Waals surface area (Å²) in [6.45, 7) is -0.685. The Hall–Kier alpha value is -1.21. The Morgan fingerprint density at radius 1 is 0.714 bits per heavy atom. The monoisotopic (exact) mass is 652 g/mol. The zero-order valence-electron chi connectivity index (χ0n) is 22.0. The first-order valence-electron chi connectivity index (χ1n) is 12.5. The molecule has 0 aromatic heterocycles. The van der Waals surface area contributed by atoms with Gasteiger partial charge in [-0.1, -0.05) is 13.8 Å². The zero-order chi connectivity index (χ0) is 32.5. The van der Waals surface area contributed by atoms with Crippen LogP contribution < -0.4 is 0 Å². The molecule has 7 unspecified atom stereocenters. The largest absolute Gasteiger partial charge is 0.426 e. The minimum absolute atomic E-state index is 0.0803. The minimum Gasteiger partial charge on any atom is -0.382 e. The second-order valence-corrected chi connectivity index (χ2v) is 11.0. The standard InChI is InChI=1S/C23H27F15O4/c1-10-13-8-12(4-5-16(13,19(24,25)26)41-9-40-7-6-39-3)14(10)15-11(2)17(20(27,28)29,21(30,31)32)42-18(15,22(33,34)35)23(36,37)38/h10-15H,4-9H2,1-3H3. The van der Waals surface area contributed by atoms with Crippen molar-refractivity contribution in [1.29, 1.82) is 0 Å². The fourth-order valence-electron chi connectivity index (χ4n) is 7.56. The Balaban J connectivity index is 2.21. The Morgan fingerprint density at radius 2 is 1.21 bits per heavy atom. The third-order valence-corrected chi connectivity index (χ3v) is 9.21. The quantitative estimate of drug-likeness (QED) is 0.161. The lowest BCUT2D eigenvalue weighted by Crippen LogP contribution is -2.65. The summed E-state index contributed by atoms with van der Waals surface area (Å²) >= 11 is 0. The topological polar surface area (TPSA) is 36.9 Å². The summed E-state index contributed by atoms with van der Waals surface area (Å²) < 4.78 is 232. The third-order valence-electron chi connectivity index (χ3n) is 9.21. The molecule has 248 valence electrons. The molecule has 3 rings (SSSR count). The molecule has 0 spiro atoms. The number of halogens is 15. The highest BCUT2D eigenvalue weighted by Crippen LogP contribution is 2.73. The SMILES string of the molecule is COCCOCOC1(C(F)(F)F)CCC2CC1C(C)C2C1C(C)C(C(F)(F)F)(C(F)(F)F)OC1(C(F)(F)F)C(F)(F)F. The maximum Gasteiger partial charge on any atom is 0.426 e. The Kier molecular flexibility index (Phi) is 8.99. The molecule has 1 aliphatic heterocycles. The van der Waals surface area contributed by atoms with E-state index >= 15 is 0 Å². The summed E-state index contributed by atoms with van der Waals surface area (Å²) in [4.78, 5) is 0. The van der Waals surface area contributed by atoms with Crippen LogP contribution >= 0.6 is 0 Å². The van der Waals surface area contributed by atoms with Crippen LogP contribution in [0, 0.1) is 35.5 Å². The lowest BCUT2D eigenvalue weighted by Gasteiger charge is -2.44. The highest BCUT2D eigenvalue weighted by atomic mass is 19.4. The second-order valence-electron chi connectivity index (χ2n) is 11.0. The highest BCUT2D eigenvalue weighted by molar-refractivity contribution is 5.22. The van der Waals surface area contributed by atoms with Gasteiger partial charge < -0.3 is 18.9 Å². The van der Waals surface area contributed by atoms with Crippen molar-refractivity contribution in [2.75, 3.05) is 27.1 Å². The van der Waals surface area contributed by atoms with Gasteiger partial charge in [-0.2, -0.15) is 65.9 Å². The molecule has 0 radical (unpaired) electrons. The molecule has 0 amide bonds. The van der Waals surface area contributed by atoms with Gasteiger partial charge >= 0.3 is 30.9 Å². The van der Waals surface area contributed by atoms with E-state index in [-0.39, 0.29) is 20.1 Å². The molecule has 2 saturated carbocycles. The van der Waals surface area contributed by atoms with E-state index in [0.717, 1.165) is 6.92 Å². The van der Waals surface area contributed by atoms with Gasteiger partial charge in [-0.3, -0.25) is 0 Å². The second kappa shape index (κ2) is 10.7. The van der Waals surface area contributed by atoms with Crippen LogP contribution in [0.1, 0.15) is 33.1 Å². The van der Waals surface area contributed by atoms with Crippen LogP contribution in [0.25, 0.3) is 0 Å². The Labute approximate surface area is 229 Å². The summed E-state index contributed by atoms with van der Waals surface area (Å²) in [5, 5.41) is 0. The van der Waals surface area contributed by atoms with Gasteiger partial charge in [-0.25, -0.2) is 0 Å². The average molecular weight is 652 g/mol. The van der Waals surface area contributed by atoms with Crippen molar-refractivity contribution in [2.24, 2.45) is 35.5 Å². The Morgan fingerprint density at radius 3 is 1.64 bits per heavy atom. The summed E-state index contributed by atoms with van der Waals surface area (Å²) in [5.41, 5.74) is -15.2. The lowest BCUT2D eigenvalue weighted by molar-refractivity contribution is -0.448. The number of ether oxygens (including phenoxy) is 4. The number of fused-ring (bicyclic) bond motifs is 2. The van der Waals surface area contributed by atoms with E-state index in [9.17, 15) is 65.9 Å². The van der Waals surface area contributed by atoms with Crippen LogP contribution in [0.2, 0.25) is 0 Å². The van der Waals surface area contributed by atoms with E-state index in [2.05, 4.69) is 9.47 Å². The average Bonchev–Trinajstić information content (AvgIpc) is 3.23. The molecule has 2 bridgehead atoms. The summed E-state index contributed by atoms with van der Waals surface area (Å²) in [5.74, 6) is -14.9. The first-order chi connectivity index (χ1) is 18.8. The normalized spacial score (nSPS) is 35.6. The van der Waals surface area contributed by atoms with Gasteiger partial charge in [0.05, 0.1) is 13.2 Å². The van der Waals surface area contributed by atoms with Crippen LogP contribution in [0.3, 0.4) is 0 Å². The number of hydrogen-bond acceptors (Lipinski definition) is 4. The van der Waals surface area contributed by atoms with E-state index in [1.165, 1.54) is 7.11 Å². The third kappa shape index (κ3) is 4.95. The molecule has 42 heavy (non-hydrogen) atoms. The molecule has 1 heterocycles. The van der Waals surface area contributed by atoms with Crippen molar-refractivity contribution in [2.45, 2.75) is 80.8 Å². The van der Waals surface area contributed by atoms with Gasteiger partial charge in [0, 0.05) is 24.9 Å². The van der Waals surface area contributed by atoms with Gasteiger partial charge in [0.2, 0.25) is 0 Å². The van der Waals surface area contributed by atoms with Crippen molar-refractivity contribution in [3.05, 3.63) is 0 Å². The predicted octanol–water partition coefficient (Wildman–Crippen LogP) is 7.62. The van der Waals surface area contributed by atoms with Crippen molar-refractivity contribution in [1.82, 2.24) is 0 Å². The molecular formula is C23H27F15O4. The maximum atomic E-state index is 14.5. The van der Waals surface area contributed by atoms with E-state index in [0.29, 0.717) is 0 Å². The maximum absolute atomic E-state index is 14.5. The predicted molar refractivity (Wildman–Crippen MR) is 109 cm³/mol. The first kappa shape index (κ1) is 35.3. The molecule has 0 aromatic rings. The summed E-state index contributed by atoms with van der Waals surface area (Å²) in [6, 6.07) is 0. The van der Waals surface area contributed by atoms with Crippen molar-refractivity contribution in [3.63, 3.8) is 0 Å². The smallest absolute Gasteiger partial charge is 0.382 e.